The van der Waals surface area contributed by atoms with E-state index >= 15 is 0 Å². The molecular weight excluding hydrogens is 705 g/mol. The van der Waals surface area contributed by atoms with Crippen molar-refractivity contribution in [3.8, 4) is 11.1 Å². The molecule has 262 valence electrons. The summed E-state index contributed by atoms with van der Waals surface area (Å²) in [5.41, 5.74) is 12.3. The summed E-state index contributed by atoms with van der Waals surface area (Å²) in [4.78, 5) is 4.95. The van der Waals surface area contributed by atoms with Gasteiger partial charge in [-0.1, -0.05) is 123 Å². The highest BCUT2D eigenvalue weighted by Gasteiger charge is 2.39. The van der Waals surface area contributed by atoms with Crippen molar-refractivity contribution in [2.75, 3.05) is 9.80 Å². The smallest absolute Gasteiger partial charge is 0.0554 e. The highest BCUT2D eigenvalue weighted by molar-refractivity contribution is 7.26. The molecule has 0 saturated heterocycles. The number of benzene rings is 8. The predicted molar refractivity (Wildman–Crippen MR) is 239 cm³/mol. The molecule has 2 aromatic heterocycles. The topological polar surface area (TPSA) is 6.48 Å². The van der Waals surface area contributed by atoms with E-state index in [-0.39, 0.29) is 5.41 Å². The first-order valence-electron chi connectivity index (χ1n) is 18.9. The third-order valence-electron chi connectivity index (χ3n) is 11.4. The number of para-hydroxylation sites is 2. The number of rotatable bonds is 6. The third kappa shape index (κ3) is 4.92. The Hall–Kier alpha value is -6.20. The van der Waals surface area contributed by atoms with Crippen molar-refractivity contribution in [1.29, 1.82) is 0 Å². The van der Waals surface area contributed by atoms with Crippen LogP contribution in [0.2, 0.25) is 0 Å². The number of hydrogen-bond donors (Lipinski definition) is 0. The Bertz CT molecular complexity index is 3040. The SMILES string of the molecule is CC1(C)c2ccccc2-c2cccc(N(c3ccc4c(c3)sc3cccc(N(c5ccccc5)c5ccccc5)c34)c3cccc4sc5ccccc5c34)c21. The third-order valence-corrected chi connectivity index (χ3v) is 13.7. The summed E-state index contributed by atoms with van der Waals surface area (Å²) < 4.78 is 5.15. The number of fused-ring (bicyclic) bond motifs is 9. The molecule has 2 nitrogen and oxygen atoms in total. The van der Waals surface area contributed by atoms with Gasteiger partial charge in [0.2, 0.25) is 0 Å². The van der Waals surface area contributed by atoms with Crippen LogP contribution in [0.1, 0.15) is 25.0 Å². The number of hydrogen-bond acceptors (Lipinski definition) is 4. The summed E-state index contributed by atoms with van der Waals surface area (Å²) in [6.07, 6.45) is 0. The summed E-state index contributed by atoms with van der Waals surface area (Å²) in [6.45, 7) is 4.78. The van der Waals surface area contributed by atoms with Crippen molar-refractivity contribution in [1.82, 2.24) is 0 Å². The molecule has 0 saturated carbocycles. The second kappa shape index (κ2) is 12.4. The second-order valence-corrected chi connectivity index (χ2v) is 17.1. The maximum atomic E-state index is 2.55. The van der Waals surface area contributed by atoms with Gasteiger partial charge < -0.3 is 9.80 Å². The molecule has 1 aliphatic rings. The van der Waals surface area contributed by atoms with Crippen LogP contribution in [-0.4, -0.2) is 0 Å². The van der Waals surface area contributed by atoms with Crippen LogP contribution >= 0.6 is 22.7 Å². The molecule has 2 heterocycles. The Kier molecular flexibility index (Phi) is 7.28. The highest BCUT2D eigenvalue weighted by atomic mass is 32.1. The van der Waals surface area contributed by atoms with Crippen LogP contribution < -0.4 is 9.80 Å². The molecule has 8 aromatic carbocycles. The Labute approximate surface area is 328 Å². The Morgan fingerprint density at radius 1 is 0.382 bits per heavy atom. The quantitative estimate of drug-likeness (QED) is 0.167. The first kappa shape index (κ1) is 32.2. The lowest BCUT2D eigenvalue weighted by Crippen LogP contribution is -2.20. The summed E-state index contributed by atoms with van der Waals surface area (Å²) in [5, 5.41) is 5.14. The van der Waals surface area contributed by atoms with E-state index in [4.69, 9.17) is 0 Å². The first-order chi connectivity index (χ1) is 27.1. The van der Waals surface area contributed by atoms with Gasteiger partial charge in [-0.3, -0.25) is 0 Å². The van der Waals surface area contributed by atoms with Crippen LogP contribution in [0.15, 0.2) is 182 Å². The van der Waals surface area contributed by atoms with Crippen molar-refractivity contribution in [2.24, 2.45) is 0 Å². The van der Waals surface area contributed by atoms with Crippen molar-refractivity contribution >= 4 is 97.1 Å². The zero-order valence-corrected chi connectivity index (χ0v) is 32.2. The molecule has 55 heavy (non-hydrogen) atoms. The fourth-order valence-corrected chi connectivity index (χ4v) is 11.3. The van der Waals surface area contributed by atoms with Crippen LogP contribution in [0.25, 0.3) is 51.5 Å². The first-order valence-corrected chi connectivity index (χ1v) is 20.5. The van der Waals surface area contributed by atoms with Gasteiger partial charge in [0, 0.05) is 62.8 Å². The molecule has 0 bridgehead atoms. The lowest BCUT2D eigenvalue weighted by atomic mass is 9.81. The normalized spacial score (nSPS) is 13.1. The molecule has 0 atom stereocenters. The zero-order chi connectivity index (χ0) is 36.7. The summed E-state index contributed by atoms with van der Waals surface area (Å²) >= 11 is 3.75. The molecule has 0 fully saturated rings. The molecular formula is C51H36N2S2. The largest absolute Gasteiger partial charge is 0.310 e. The van der Waals surface area contributed by atoms with Crippen molar-refractivity contribution in [3.05, 3.63) is 193 Å². The molecule has 11 rings (SSSR count). The van der Waals surface area contributed by atoms with Gasteiger partial charge in [0.25, 0.3) is 0 Å². The van der Waals surface area contributed by atoms with E-state index in [2.05, 4.69) is 206 Å². The van der Waals surface area contributed by atoms with E-state index in [1.54, 1.807) is 0 Å². The molecule has 0 spiro atoms. The van der Waals surface area contributed by atoms with Gasteiger partial charge in [0.1, 0.15) is 0 Å². The van der Waals surface area contributed by atoms with Gasteiger partial charge >= 0.3 is 0 Å². The fraction of sp³-hybridized carbons (Fsp3) is 0.0588. The molecule has 0 radical (unpaired) electrons. The van der Waals surface area contributed by atoms with Crippen molar-refractivity contribution in [2.45, 2.75) is 19.3 Å². The maximum Gasteiger partial charge on any atom is 0.0554 e. The fourth-order valence-electron chi connectivity index (χ4n) is 9.06. The summed E-state index contributed by atoms with van der Waals surface area (Å²) in [6, 6.07) is 66.9. The summed E-state index contributed by atoms with van der Waals surface area (Å²) in [5.74, 6) is 0. The minimum atomic E-state index is -0.180. The van der Waals surface area contributed by atoms with Gasteiger partial charge in [-0.15, -0.1) is 22.7 Å². The molecule has 1 aliphatic carbocycles. The van der Waals surface area contributed by atoms with E-state index in [1.807, 2.05) is 22.7 Å². The Morgan fingerprint density at radius 3 is 1.64 bits per heavy atom. The Balaban J connectivity index is 1.17. The van der Waals surface area contributed by atoms with Gasteiger partial charge in [0.05, 0.1) is 17.1 Å². The highest BCUT2D eigenvalue weighted by Crippen LogP contribution is 2.56. The molecule has 0 aliphatic heterocycles. The van der Waals surface area contributed by atoms with Gasteiger partial charge in [-0.2, -0.15) is 0 Å². The number of thiophene rings is 2. The molecule has 4 heteroatoms. The predicted octanol–water partition coefficient (Wildman–Crippen LogP) is 15.7. The van der Waals surface area contributed by atoms with Crippen molar-refractivity contribution < 1.29 is 0 Å². The minimum Gasteiger partial charge on any atom is -0.310 e. The molecule has 0 N–H and O–H groups in total. The summed E-state index contributed by atoms with van der Waals surface area (Å²) in [7, 11) is 0. The monoisotopic (exact) mass is 740 g/mol. The van der Waals surface area contributed by atoms with E-state index in [1.165, 1.54) is 79.7 Å². The van der Waals surface area contributed by atoms with Gasteiger partial charge in [-0.05, 0) is 95.1 Å². The average molecular weight is 741 g/mol. The van der Waals surface area contributed by atoms with Crippen LogP contribution in [0, 0.1) is 0 Å². The average Bonchev–Trinajstić information content (AvgIpc) is 3.87. The maximum absolute atomic E-state index is 2.55. The van der Waals surface area contributed by atoms with E-state index in [0.717, 1.165) is 17.1 Å². The van der Waals surface area contributed by atoms with Crippen LogP contribution in [0.5, 0.6) is 0 Å². The van der Waals surface area contributed by atoms with Crippen LogP contribution in [-0.2, 0) is 5.41 Å². The number of anilines is 6. The zero-order valence-electron chi connectivity index (χ0n) is 30.5. The van der Waals surface area contributed by atoms with Crippen LogP contribution in [0.3, 0.4) is 0 Å². The molecule has 10 aromatic rings. The minimum absolute atomic E-state index is 0.180. The van der Waals surface area contributed by atoms with Crippen molar-refractivity contribution in [3.63, 3.8) is 0 Å². The van der Waals surface area contributed by atoms with Gasteiger partial charge in [0.15, 0.2) is 0 Å². The lowest BCUT2D eigenvalue weighted by Gasteiger charge is -2.32. The number of nitrogens with zero attached hydrogens (tertiary/aromatic N) is 2. The van der Waals surface area contributed by atoms with Crippen LogP contribution in [0.4, 0.5) is 34.1 Å². The standard InChI is InChI=1S/C51H36N2S2/c1-51(2)40-23-11-9-20-36(40)37-22-13-26-43(50(37)51)53(42-25-15-28-45-48(42)38-21-10-12-27-44(38)54-45)35-30-31-39-47(32-35)55-46-29-14-24-41(49(39)46)52(33-16-5-3-6-17-33)34-18-7-4-8-19-34/h3-32H,1-2H3. The van der Waals surface area contributed by atoms with Gasteiger partial charge in [-0.25, -0.2) is 0 Å². The van der Waals surface area contributed by atoms with E-state index in [0.29, 0.717) is 0 Å². The van der Waals surface area contributed by atoms with E-state index in [9.17, 15) is 0 Å². The lowest BCUT2D eigenvalue weighted by molar-refractivity contribution is 0.661. The second-order valence-electron chi connectivity index (χ2n) is 14.9. The molecule has 0 unspecified atom stereocenters. The Morgan fingerprint density at radius 2 is 0.909 bits per heavy atom. The van der Waals surface area contributed by atoms with E-state index < -0.39 is 0 Å². The molecule has 0 amide bonds.